The van der Waals surface area contributed by atoms with Crippen molar-refractivity contribution in [3.63, 3.8) is 0 Å². The van der Waals surface area contributed by atoms with Crippen molar-refractivity contribution >= 4 is 5.97 Å². The Bertz CT molecular complexity index is 249. The van der Waals surface area contributed by atoms with Gasteiger partial charge in [-0.25, -0.2) is 8.78 Å². The molecular weight excluding hydrogens is 202 g/mol. The van der Waals surface area contributed by atoms with Gasteiger partial charge < -0.3 is 5.11 Å². The molecule has 2 bridgehead atoms. The minimum absolute atomic E-state index is 0.0201. The first kappa shape index (κ1) is 10.8. The number of hydrogen-bond donors (Lipinski definition) is 1. The third-order valence-corrected chi connectivity index (χ3v) is 3.93. The fourth-order valence-electron chi connectivity index (χ4n) is 3.36. The number of carbonyl (C=O) groups is 1. The molecule has 0 heterocycles. The van der Waals surface area contributed by atoms with Gasteiger partial charge in [-0.3, -0.25) is 4.79 Å². The van der Waals surface area contributed by atoms with Gasteiger partial charge in [0.05, 0.1) is 0 Å². The van der Waals surface area contributed by atoms with Crippen LogP contribution in [0.15, 0.2) is 0 Å². The van der Waals surface area contributed by atoms with Crippen molar-refractivity contribution in [2.24, 2.45) is 17.8 Å². The topological polar surface area (TPSA) is 37.3 Å². The minimum atomic E-state index is -2.49. The summed E-state index contributed by atoms with van der Waals surface area (Å²) in [5, 5.41) is 8.59. The highest BCUT2D eigenvalue weighted by Crippen LogP contribution is 2.53. The average molecular weight is 218 g/mol. The number of carboxylic acid groups (broad SMARTS) is 1. The van der Waals surface area contributed by atoms with Gasteiger partial charge in [-0.05, 0) is 37.0 Å². The number of rotatable bonds is 3. The van der Waals surface area contributed by atoms with Gasteiger partial charge >= 0.3 is 5.97 Å². The lowest BCUT2D eigenvalue weighted by Crippen LogP contribution is -2.34. The Hall–Kier alpha value is -0.670. The van der Waals surface area contributed by atoms with Gasteiger partial charge in [0.1, 0.15) is 0 Å². The van der Waals surface area contributed by atoms with Gasteiger partial charge in [-0.1, -0.05) is 0 Å². The van der Waals surface area contributed by atoms with E-state index in [1.165, 1.54) is 0 Å². The maximum absolute atomic E-state index is 13.2. The Labute approximate surface area is 87.7 Å². The first-order chi connectivity index (χ1) is 6.98. The van der Waals surface area contributed by atoms with Crippen LogP contribution in [0.2, 0.25) is 0 Å². The molecule has 2 nitrogen and oxygen atoms in total. The van der Waals surface area contributed by atoms with Crippen LogP contribution in [0.4, 0.5) is 8.78 Å². The predicted octanol–water partition coefficient (Wildman–Crippen LogP) is 2.92. The molecule has 2 saturated carbocycles. The Balaban J connectivity index is 1.96. The molecule has 4 heteroatoms. The van der Waals surface area contributed by atoms with E-state index in [9.17, 15) is 13.6 Å². The van der Waals surface area contributed by atoms with E-state index in [0.717, 1.165) is 12.8 Å². The van der Waals surface area contributed by atoms with E-state index in [-0.39, 0.29) is 37.0 Å². The molecule has 0 spiro atoms. The molecule has 0 aromatic carbocycles. The van der Waals surface area contributed by atoms with E-state index in [1.54, 1.807) is 0 Å². The van der Waals surface area contributed by atoms with Crippen LogP contribution in [0.5, 0.6) is 0 Å². The molecule has 15 heavy (non-hydrogen) atoms. The Morgan fingerprint density at radius 3 is 2.27 bits per heavy atom. The van der Waals surface area contributed by atoms with Crippen LogP contribution in [-0.2, 0) is 4.79 Å². The minimum Gasteiger partial charge on any atom is -0.481 e. The zero-order chi connectivity index (χ0) is 11.1. The smallest absolute Gasteiger partial charge is 0.303 e. The molecule has 2 aliphatic carbocycles. The molecule has 0 aliphatic heterocycles. The fraction of sp³-hybridized carbons (Fsp3) is 0.909. The SMILES string of the molecule is O=C(O)CCC1C2CCC1CC(F)(F)C2. The molecule has 2 fully saturated rings. The molecule has 0 radical (unpaired) electrons. The maximum atomic E-state index is 13.2. The van der Waals surface area contributed by atoms with Crippen molar-refractivity contribution in [1.29, 1.82) is 0 Å². The molecule has 0 aromatic rings. The quantitative estimate of drug-likeness (QED) is 0.790. The number of carboxylic acids is 1. The van der Waals surface area contributed by atoms with Crippen molar-refractivity contribution in [3.05, 3.63) is 0 Å². The lowest BCUT2D eigenvalue weighted by Gasteiger charge is -2.34. The van der Waals surface area contributed by atoms with Crippen LogP contribution in [-0.4, -0.2) is 17.0 Å². The summed E-state index contributed by atoms with van der Waals surface area (Å²) in [6, 6.07) is 0. The third kappa shape index (κ3) is 2.29. The van der Waals surface area contributed by atoms with Crippen molar-refractivity contribution in [2.75, 3.05) is 0 Å². The third-order valence-electron chi connectivity index (χ3n) is 3.93. The average Bonchev–Trinajstić information content (AvgIpc) is 2.34. The van der Waals surface area contributed by atoms with E-state index in [0.29, 0.717) is 6.42 Å². The summed E-state index contributed by atoms with van der Waals surface area (Å²) in [6.07, 6.45) is 2.40. The monoisotopic (exact) mass is 218 g/mol. The largest absolute Gasteiger partial charge is 0.481 e. The van der Waals surface area contributed by atoms with Gasteiger partial charge in [0, 0.05) is 19.3 Å². The number of alkyl halides is 2. The highest BCUT2D eigenvalue weighted by atomic mass is 19.3. The molecule has 0 aromatic heterocycles. The summed E-state index contributed by atoms with van der Waals surface area (Å²) in [4.78, 5) is 10.5. The van der Waals surface area contributed by atoms with E-state index in [4.69, 9.17) is 5.11 Å². The molecule has 2 unspecified atom stereocenters. The number of fused-ring (bicyclic) bond motifs is 2. The van der Waals surface area contributed by atoms with Crippen LogP contribution in [0.1, 0.15) is 38.5 Å². The van der Waals surface area contributed by atoms with Gasteiger partial charge in [-0.15, -0.1) is 0 Å². The molecule has 0 saturated heterocycles. The molecule has 2 rings (SSSR count). The summed E-state index contributed by atoms with van der Waals surface area (Å²) in [6.45, 7) is 0. The summed E-state index contributed by atoms with van der Waals surface area (Å²) in [5.41, 5.74) is 0. The van der Waals surface area contributed by atoms with Crippen molar-refractivity contribution in [3.8, 4) is 0 Å². The van der Waals surface area contributed by atoms with Crippen molar-refractivity contribution in [1.82, 2.24) is 0 Å². The van der Waals surface area contributed by atoms with Gasteiger partial charge in [0.15, 0.2) is 0 Å². The second-order valence-electron chi connectivity index (χ2n) is 4.96. The first-order valence-corrected chi connectivity index (χ1v) is 5.57. The molecule has 2 aliphatic rings. The van der Waals surface area contributed by atoms with Gasteiger partial charge in [0.2, 0.25) is 5.92 Å². The lowest BCUT2D eigenvalue weighted by atomic mass is 9.74. The Kier molecular flexibility index (Phi) is 2.69. The number of hydrogen-bond acceptors (Lipinski definition) is 1. The summed E-state index contributed by atoms with van der Waals surface area (Å²) in [7, 11) is 0. The second-order valence-corrected chi connectivity index (χ2v) is 4.96. The van der Waals surface area contributed by atoms with Crippen LogP contribution >= 0.6 is 0 Å². The van der Waals surface area contributed by atoms with E-state index in [1.807, 2.05) is 0 Å². The van der Waals surface area contributed by atoms with E-state index in [2.05, 4.69) is 0 Å². The molecule has 0 amide bonds. The summed E-state index contributed by atoms with van der Waals surface area (Å²) >= 11 is 0. The molecule has 1 N–H and O–H groups in total. The fourth-order valence-corrected chi connectivity index (χ4v) is 3.36. The van der Waals surface area contributed by atoms with E-state index < -0.39 is 11.9 Å². The highest BCUT2D eigenvalue weighted by molar-refractivity contribution is 5.66. The Morgan fingerprint density at radius 1 is 1.27 bits per heavy atom. The normalized spacial score (nSPS) is 37.9. The van der Waals surface area contributed by atoms with Crippen molar-refractivity contribution in [2.45, 2.75) is 44.4 Å². The lowest BCUT2D eigenvalue weighted by molar-refractivity contribution is -0.137. The van der Waals surface area contributed by atoms with Gasteiger partial charge in [-0.2, -0.15) is 0 Å². The van der Waals surface area contributed by atoms with E-state index >= 15 is 0 Å². The van der Waals surface area contributed by atoms with Crippen LogP contribution in [0.25, 0.3) is 0 Å². The zero-order valence-electron chi connectivity index (χ0n) is 8.59. The summed E-state index contributed by atoms with van der Waals surface area (Å²) < 4.78 is 26.4. The Morgan fingerprint density at radius 2 is 1.80 bits per heavy atom. The van der Waals surface area contributed by atoms with Crippen LogP contribution in [0, 0.1) is 17.8 Å². The number of aliphatic carboxylic acids is 1. The maximum Gasteiger partial charge on any atom is 0.303 e. The molecule has 2 atom stereocenters. The highest BCUT2D eigenvalue weighted by Gasteiger charge is 2.50. The first-order valence-electron chi connectivity index (χ1n) is 5.57. The van der Waals surface area contributed by atoms with Crippen molar-refractivity contribution < 1.29 is 18.7 Å². The van der Waals surface area contributed by atoms with Crippen LogP contribution < -0.4 is 0 Å². The van der Waals surface area contributed by atoms with Gasteiger partial charge in [0.25, 0.3) is 0 Å². The predicted molar refractivity (Wildman–Crippen MR) is 50.8 cm³/mol. The zero-order valence-corrected chi connectivity index (χ0v) is 8.59. The molecule has 86 valence electrons. The summed E-state index contributed by atoms with van der Waals surface area (Å²) in [5.74, 6) is -2.94. The van der Waals surface area contributed by atoms with Crippen LogP contribution in [0.3, 0.4) is 0 Å². The molecular formula is C11H16F2O2. The number of halogens is 2. The second kappa shape index (κ2) is 3.72. The standard InChI is InChI=1S/C11H16F2O2/c12-11(13)5-7-1-2-8(6-11)9(7)3-4-10(14)15/h7-9H,1-6H2,(H,14,15).